The molecule has 17 heavy (non-hydrogen) atoms. The van der Waals surface area contributed by atoms with Crippen LogP contribution in [0.3, 0.4) is 0 Å². The number of hydrogen-bond donors (Lipinski definition) is 1. The van der Waals surface area contributed by atoms with Crippen molar-refractivity contribution in [3.8, 4) is 0 Å². The van der Waals surface area contributed by atoms with Gasteiger partial charge in [-0.1, -0.05) is 43.0 Å². The van der Waals surface area contributed by atoms with Gasteiger partial charge in [0, 0.05) is 10.1 Å². The maximum absolute atomic E-state index is 6.22. The highest BCUT2D eigenvalue weighted by molar-refractivity contribution is 8.00. The highest BCUT2D eigenvalue weighted by Gasteiger charge is 2.23. The second kappa shape index (κ2) is 6.67. The lowest BCUT2D eigenvalue weighted by Crippen LogP contribution is -2.24. The van der Waals surface area contributed by atoms with E-state index >= 15 is 0 Å². The monoisotopic (exact) mass is 269 g/mol. The second-order valence-corrected chi connectivity index (χ2v) is 6.41. The minimum atomic E-state index is 0.641. The smallest absolute Gasteiger partial charge is 0.0541 e. The van der Waals surface area contributed by atoms with E-state index in [-0.39, 0.29) is 0 Å². The predicted octanol–water partition coefficient (Wildman–Crippen LogP) is 4.34. The Balaban J connectivity index is 2.07. The molecule has 0 heterocycles. The van der Waals surface area contributed by atoms with Crippen molar-refractivity contribution in [3.63, 3.8) is 0 Å². The van der Waals surface area contributed by atoms with E-state index in [9.17, 15) is 0 Å². The Morgan fingerprint density at radius 3 is 2.71 bits per heavy atom. The molecule has 0 radical (unpaired) electrons. The first-order valence-corrected chi connectivity index (χ1v) is 7.68. The standard InChI is InChI=1S/C14H20ClNS/c15-12-7-4-5-9-14(12)17-13-8-3-1-2-6-11(13)10-16/h4-5,7,9,11,13H,1-3,6,8,10,16H2. The van der Waals surface area contributed by atoms with Crippen molar-refractivity contribution in [3.05, 3.63) is 29.3 Å². The summed E-state index contributed by atoms with van der Waals surface area (Å²) >= 11 is 8.15. The fourth-order valence-electron chi connectivity index (χ4n) is 2.48. The van der Waals surface area contributed by atoms with Crippen LogP contribution in [0.15, 0.2) is 29.2 Å². The normalized spacial score (nSPS) is 25.5. The van der Waals surface area contributed by atoms with E-state index in [1.807, 2.05) is 23.9 Å². The van der Waals surface area contributed by atoms with Gasteiger partial charge in [0.15, 0.2) is 0 Å². The summed E-state index contributed by atoms with van der Waals surface area (Å²) < 4.78 is 0. The van der Waals surface area contributed by atoms with Crippen LogP contribution >= 0.6 is 23.4 Å². The molecule has 2 unspecified atom stereocenters. The Kier molecular flexibility index (Phi) is 5.20. The molecule has 1 nitrogen and oxygen atoms in total. The van der Waals surface area contributed by atoms with Crippen LogP contribution in [-0.2, 0) is 0 Å². The molecule has 0 bridgehead atoms. The van der Waals surface area contributed by atoms with Crippen molar-refractivity contribution in [1.82, 2.24) is 0 Å². The third-order valence-electron chi connectivity index (χ3n) is 3.51. The van der Waals surface area contributed by atoms with Crippen LogP contribution in [0.5, 0.6) is 0 Å². The fraction of sp³-hybridized carbons (Fsp3) is 0.571. The highest BCUT2D eigenvalue weighted by Crippen LogP contribution is 2.38. The molecular formula is C14H20ClNS. The summed E-state index contributed by atoms with van der Waals surface area (Å²) in [6.07, 6.45) is 6.58. The molecule has 0 amide bonds. The lowest BCUT2D eigenvalue weighted by Gasteiger charge is -2.23. The van der Waals surface area contributed by atoms with Crippen molar-refractivity contribution in [1.29, 1.82) is 0 Å². The van der Waals surface area contributed by atoms with E-state index < -0.39 is 0 Å². The fourth-order valence-corrected chi connectivity index (χ4v) is 4.14. The van der Waals surface area contributed by atoms with Gasteiger partial charge < -0.3 is 5.73 Å². The zero-order valence-electron chi connectivity index (χ0n) is 10.1. The number of thioether (sulfide) groups is 1. The van der Waals surface area contributed by atoms with E-state index in [0.29, 0.717) is 11.2 Å². The van der Waals surface area contributed by atoms with Crippen molar-refractivity contribution < 1.29 is 0 Å². The minimum absolute atomic E-state index is 0.641. The summed E-state index contributed by atoms with van der Waals surface area (Å²) in [6.45, 7) is 0.808. The average molecular weight is 270 g/mol. The topological polar surface area (TPSA) is 26.0 Å². The van der Waals surface area contributed by atoms with Gasteiger partial charge in [0.25, 0.3) is 0 Å². The Labute approximate surface area is 113 Å². The molecule has 0 spiro atoms. The van der Waals surface area contributed by atoms with Gasteiger partial charge >= 0.3 is 0 Å². The van der Waals surface area contributed by atoms with Crippen LogP contribution in [0.25, 0.3) is 0 Å². The van der Waals surface area contributed by atoms with E-state index in [0.717, 1.165) is 11.6 Å². The number of nitrogens with two attached hydrogens (primary N) is 1. The Morgan fingerprint density at radius 1 is 1.18 bits per heavy atom. The first-order valence-electron chi connectivity index (χ1n) is 6.42. The second-order valence-electron chi connectivity index (χ2n) is 4.72. The summed E-state index contributed by atoms with van der Waals surface area (Å²) in [4.78, 5) is 1.21. The molecule has 2 atom stereocenters. The van der Waals surface area contributed by atoms with Crippen LogP contribution in [0.4, 0.5) is 0 Å². The van der Waals surface area contributed by atoms with Gasteiger partial charge in [-0.3, -0.25) is 0 Å². The number of hydrogen-bond acceptors (Lipinski definition) is 2. The third kappa shape index (κ3) is 3.64. The van der Waals surface area contributed by atoms with Gasteiger partial charge in [-0.15, -0.1) is 11.8 Å². The lowest BCUT2D eigenvalue weighted by molar-refractivity contribution is 0.483. The summed E-state index contributed by atoms with van der Waals surface area (Å²) in [7, 11) is 0. The highest BCUT2D eigenvalue weighted by atomic mass is 35.5. The molecule has 2 rings (SSSR count). The first-order chi connectivity index (χ1) is 8.31. The maximum Gasteiger partial charge on any atom is 0.0541 e. The molecule has 0 saturated heterocycles. The van der Waals surface area contributed by atoms with Crippen molar-refractivity contribution in [2.45, 2.75) is 42.2 Å². The van der Waals surface area contributed by atoms with Crippen LogP contribution in [0.2, 0.25) is 5.02 Å². The van der Waals surface area contributed by atoms with E-state index in [1.54, 1.807) is 0 Å². The van der Waals surface area contributed by atoms with Gasteiger partial charge in [0.1, 0.15) is 0 Å². The number of benzene rings is 1. The molecular weight excluding hydrogens is 250 g/mol. The summed E-state index contributed by atoms with van der Waals surface area (Å²) in [6, 6.07) is 8.13. The first kappa shape index (κ1) is 13.3. The molecule has 1 saturated carbocycles. The van der Waals surface area contributed by atoms with Gasteiger partial charge in [-0.05, 0) is 37.4 Å². The van der Waals surface area contributed by atoms with Crippen molar-refractivity contribution >= 4 is 23.4 Å². The molecule has 0 aromatic heterocycles. The lowest BCUT2D eigenvalue weighted by atomic mass is 10.0. The Bertz CT molecular complexity index is 356. The molecule has 1 aromatic carbocycles. The van der Waals surface area contributed by atoms with Crippen LogP contribution < -0.4 is 5.73 Å². The molecule has 94 valence electrons. The Morgan fingerprint density at radius 2 is 1.94 bits per heavy atom. The summed E-state index contributed by atoms with van der Waals surface area (Å²) in [5, 5.41) is 1.51. The molecule has 1 aromatic rings. The SMILES string of the molecule is NCC1CCCCCC1Sc1ccccc1Cl. The van der Waals surface area contributed by atoms with Gasteiger partial charge in [0.05, 0.1) is 5.02 Å². The molecule has 1 fully saturated rings. The van der Waals surface area contributed by atoms with Crippen molar-refractivity contribution in [2.24, 2.45) is 11.7 Å². The maximum atomic E-state index is 6.22. The predicted molar refractivity (Wildman–Crippen MR) is 76.7 cm³/mol. The number of rotatable bonds is 3. The molecule has 3 heteroatoms. The summed E-state index contributed by atoms with van der Waals surface area (Å²) in [5.41, 5.74) is 5.91. The van der Waals surface area contributed by atoms with Gasteiger partial charge in [-0.25, -0.2) is 0 Å². The third-order valence-corrected chi connectivity index (χ3v) is 5.48. The van der Waals surface area contributed by atoms with Crippen LogP contribution in [0, 0.1) is 5.92 Å². The molecule has 0 aliphatic heterocycles. The van der Waals surface area contributed by atoms with E-state index in [1.165, 1.54) is 37.0 Å². The molecule has 1 aliphatic rings. The zero-order valence-corrected chi connectivity index (χ0v) is 11.6. The molecule has 2 N–H and O–H groups in total. The minimum Gasteiger partial charge on any atom is -0.330 e. The number of halogens is 1. The molecule has 1 aliphatic carbocycles. The van der Waals surface area contributed by atoms with E-state index in [2.05, 4.69) is 12.1 Å². The Hall–Kier alpha value is -0.180. The average Bonchev–Trinajstić information content (AvgIpc) is 2.57. The summed E-state index contributed by atoms with van der Waals surface area (Å²) in [5.74, 6) is 0.652. The van der Waals surface area contributed by atoms with Gasteiger partial charge in [0.2, 0.25) is 0 Å². The quantitative estimate of drug-likeness (QED) is 0.826. The zero-order chi connectivity index (χ0) is 12.1. The van der Waals surface area contributed by atoms with E-state index in [4.69, 9.17) is 17.3 Å². The van der Waals surface area contributed by atoms with Crippen LogP contribution in [-0.4, -0.2) is 11.8 Å². The van der Waals surface area contributed by atoms with Crippen LogP contribution in [0.1, 0.15) is 32.1 Å². The van der Waals surface area contributed by atoms with Crippen molar-refractivity contribution in [2.75, 3.05) is 6.54 Å². The largest absolute Gasteiger partial charge is 0.330 e. The van der Waals surface area contributed by atoms with Gasteiger partial charge in [-0.2, -0.15) is 0 Å².